The lowest BCUT2D eigenvalue weighted by Crippen LogP contribution is -2.23. The number of hydrogen-bond donors (Lipinski definition) is 2. The lowest BCUT2D eigenvalue weighted by Gasteiger charge is -2.04. The number of rotatable bonds is 3. The first-order chi connectivity index (χ1) is 9.63. The van der Waals surface area contributed by atoms with Gasteiger partial charge in [0.15, 0.2) is 0 Å². The largest absolute Gasteiger partial charge is 0.323 e. The summed E-state index contributed by atoms with van der Waals surface area (Å²) < 4.78 is 0.964. The van der Waals surface area contributed by atoms with Crippen LogP contribution in [-0.2, 0) is 0 Å². The number of anilines is 1. The third-order valence-corrected chi connectivity index (χ3v) is 3.24. The summed E-state index contributed by atoms with van der Waals surface area (Å²) in [5.41, 5.74) is 1.68. The van der Waals surface area contributed by atoms with Crippen molar-refractivity contribution in [1.29, 1.82) is 0 Å². The molecule has 0 aliphatic heterocycles. The van der Waals surface area contributed by atoms with Gasteiger partial charge in [-0.3, -0.25) is 0 Å². The standard InChI is InChI=1S/C15H12BrClN2O/c16-12-3-7-14(8-4-12)19-15(20)18-10-9-11-1-5-13(17)6-2-11/h1-10H,(H2,18,19,20)/b10-9+. The highest BCUT2D eigenvalue weighted by Crippen LogP contribution is 2.14. The van der Waals surface area contributed by atoms with E-state index in [0.29, 0.717) is 5.02 Å². The highest BCUT2D eigenvalue weighted by atomic mass is 79.9. The second-order valence-electron chi connectivity index (χ2n) is 3.99. The number of urea groups is 1. The van der Waals surface area contributed by atoms with Crippen molar-refractivity contribution in [2.24, 2.45) is 0 Å². The van der Waals surface area contributed by atoms with Crippen LogP contribution in [0.4, 0.5) is 10.5 Å². The summed E-state index contributed by atoms with van der Waals surface area (Å²) in [6.07, 6.45) is 3.37. The molecule has 2 rings (SSSR count). The summed E-state index contributed by atoms with van der Waals surface area (Å²) in [7, 11) is 0. The molecule has 0 radical (unpaired) electrons. The maximum atomic E-state index is 11.6. The molecule has 0 unspecified atom stereocenters. The van der Waals surface area contributed by atoms with Crippen LogP contribution in [0.1, 0.15) is 5.56 Å². The van der Waals surface area contributed by atoms with Gasteiger partial charge in [0.05, 0.1) is 0 Å². The van der Waals surface area contributed by atoms with Crippen LogP contribution in [0.5, 0.6) is 0 Å². The monoisotopic (exact) mass is 350 g/mol. The summed E-state index contributed by atoms with van der Waals surface area (Å²) in [5.74, 6) is 0. The highest BCUT2D eigenvalue weighted by molar-refractivity contribution is 9.10. The van der Waals surface area contributed by atoms with Gasteiger partial charge in [0.2, 0.25) is 0 Å². The van der Waals surface area contributed by atoms with Crippen LogP contribution in [0, 0.1) is 0 Å². The van der Waals surface area contributed by atoms with Gasteiger partial charge in [-0.1, -0.05) is 39.7 Å². The molecule has 0 aliphatic carbocycles. The summed E-state index contributed by atoms with van der Waals surface area (Å²) in [5, 5.41) is 6.04. The van der Waals surface area contributed by atoms with Gasteiger partial charge in [-0.05, 0) is 48.0 Å². The Hall–Kier alpha value is -1.78. The minimum Gasteiger partial charge on any atom is -0.314 e. The molecule has 5 heteroatoms. The number of hydrogen-bond acceptors (Lipinski definition) is 1. The van der Waals surface area contributed by atoms with E-state index in [0.717, 1.165) is 15.7 Å². The Bertz CT molecular complexity index is 609. The van der Waals surface area contributed by atoms with Gasteiger partial charge in [-0.25, -0.2) is 4.79 Å². The van der Waals surface area contributed by atoms with Crippen LogP contribution in [0.15, 0.2) is 59.2 Å². The number of nitrogens with one attached hydrogen (secondary N) is 2. The molecule has 0 bridgehead atoms. The molecule has 2 aromatic carbocycles. The third kappa shape index (κ3) is 4.72. The molecule has 2 aromatic rings. The average molecular weight is 352 g/mol. The van der Waals surface area contributed by atoms with Crippen molar-refractivity contribution in [3.05, 3.63) is 69.8 Å². The van der Waals surface area contributed by atoms with Crippen molar-refractivity contribution < 1.29 is 4.79 Å². The molecule has 102 valence electrons. The third-order valence-electron chi connectivity index (χ3n) is 2.46. The zero-order valence-electron chi connectivity index (χ0n) is 10.4. The van der Waals surface area contributed by atoms with Gasteiger partial charge in [-0.2, -0.15) is 0 Å². The minimum atomic E-state index is -0.294. The Kier molecular flexibility index (Phi) is 5.21. The van der Waals surface area contributed by atoms with Crippen LogP contribution in [0.25, 0.3) is 6.08 Å². The zero-order chi connectivity index (χ0) is 14.4. The minimum absolute atomic E-state index is 0.294. The average Bonchev–Trinajstić information content (AvgIpc) is 2.44. The first kappa shape index (κ1) is 14.6. The fraction of sp³-hybridized carbons (Fsp3) is 0. The predicted octanol–water partition coefficient (Wildman–Crippen LogP) is 4.89. The molecule has 20 heavy (non-hydrogen) atoms. The van der Waals surface area contributed by atoms with Crippen LogP contribution in [0.3, 0.4) is 0 Å². The van der Waals surface area contributed by atoms with E-state index in [4.69, 9.17) is 11.6 Å². The molecule has 0 aromatic heterocycles. The lowest BCUT2D eigenvalue weighted by atomic mass is 10.2. The maximum absolute atomic E-state index is 11.6. The van der Waals surface area contributed by atoms with Gasteiger partial charge >= 0.3 is 6.03 Å². The second-order valence-corrected chi connectivity index (χ2v) is 5.34. The van der Waals surface area contributed by atoms with Gasteiger partial charge in [0.1, 0.15) is 0 Å². The Balaban J connectivity index is 1.85. The van der Waals surface area contributed by atoms with Crippen molar-refractivity contribution in [2.75, 3.05) is 5.32 Å². The number of benzene rings is 2. The highest BCUT2D eigenvalue weighted by Gasteiger charge is 1.98. The van der Waals surface area contributed by atoms with Gasteiger partial charge < -0.3 is 10.6 Å². The smallest absolute Gasteiger partial charge is 0.314 e. The van der Waals surface area contributed by atoms with E-state index in [1.54, 1.807) is 24.4 Å². The number of carbonyl (C=O) groups excluding carboxylic acids is 1. The van der Waals surface area contributed by atoms with Crippen LogP contribution >= 0.6 is 27.5 Å². The number of amides is 2. The van der Waals surface area contributed by atoms with Crippen molar-refractivity contribution in [3.8, 4) is 0 Å². The molecule has 2 N–H and O–H groups in total. The molecule has 0 spiro atoms. The molecule has 0 saturated carbocycles. The number of halogens is 2. The predicted molar refractivity (Wildman–Crippen MR) is 86.8 cm³/mol. The van der Waals surface area contributed by atoms with E-state index >= 15 is 0 Å². The normalized spacial score (nSPS) is 10.5. The summed E-state index contributed by atoms with van der Waals surface area (Å²) in [6.45, 7) is 0. The molecule has 0 aliphatic rings. The van der Waals surface area contributed by atoms with Crippen LogP contribution < -0.4 is 10.6 Å². The Morgan fingerprint density at radius 3 is 2.35 bits per heavy atom. The van der Waals surface area contributed by atoms with E-state index in [2.05, 4.69) is 26.6 Å². The fourth-order valence-corrected chi connectivity index (χ4v) is 1.88. The Morgan fingerprint density at radius 1 is 1.05 bits per heavy atom. The molecule has 0 atom stereocenters. The molecular formula is C15H12BrClN2O. The molecule has 3 nitrogen and oxygen atoms in total. The molecule has 2 amide bonds. The van der Waals surface area contributed by atoms with Gasteiger partial charge in [-0.15, -0.1) is 0 Å². The number of carbonyl (C=O) groups is 1. The molecule has 0 fully saturated rings. The van der Waals surface area contributed by atoms with Crippen LogP contribution in [0.2, 0.25) is 5.02 Å². The fourth-order valence-electron chi connectivity index (χ4n) is 1.49. The topological polar surface area (TPSA) is 41.1 Å². The SMILES string of the molecule is O=C(N/C=C/c1ccc(Cl)cc1)Nc1ccc(Br)cc1. The van der Waals surface area contributed by atoms with E-state index in [-0.39, 0.29) is 6.03 Å². The summed E-state index contributed by atoms with van der Waals surface area (Å²) in [4.78, 5) is 11.6. The van der Waals surface area contributed by atoms with Crippen molar-refractivity contribution in [1.82, 2.24) is 5.32 Å². The van der Waals surface area contributed by atoms with E-state index in [1.807, 2.05) is 36.4 Å². The summed E-state index contributed by atoms with van der Waals surface area (Å²) >= 11 is 9.13. The lowest BCUT2D eigenvalue weighted by molar-refractivity contribution is 0.255. The first-order valence-corrected chi connectivity index (χ1v) is 7.06. The first-order valence-electron chi connectivity index (χ1n) is 5.89. The van der Waals surface area contributed by atoms with Crippen LogP contribution in [-0.4, -0.2) is 6.03 Å². The van der Waals surface area contributed by atoms with Crippen molar-refractivity contribution in [2.45, 2.75) is 0 Å². The van der Waals surface area contributed by atoms with Crippen molar-refractivity contribution in [3.63, 3.8) is 0 Å². The Labute approximate surface area is 130 Å². The Morgan fingerprint density at radius 2 is 1.70 bits per heavy atom. The molecular weight excluding hydrogens is 340 g/mol. The second kappa shape index (κ2) is 7.12. The zero-order valence-corrected chi connectivity index (χ0v) is 12.8. The van der Waals surface area contributed by atoms with Crippen molar-refractivity contribution >= 4 is 45.3 Å². The van der Waals surface area contributed by atoms with E-state index < -0.39 is 0 Å². The summed E-state index contributed by atoms with van der Waals surface area (Å²) in [6, 6.07) is 14.4. The molecule has 0 saturated heterocycles. The maximum Gasteiger partial charge on any atom is 0.323 e. The van der Waals surface area contributed by atoms with E-state index in [1.165, 1.54) is 0 Å². The van der Waals surface area contributed by atoms with E-state index in [9.17, 15) is 4.79 Å². The molecule has 0 heterocycles. The van der Waals surface area contributed by atoms with Gasteiger partial charge in [0.25, 0.3) is 0 Å². The quantitative estimate of drug-likeness (QED) is 0.811. The van der Waals surface area contributed by atoms with Gasteiger partial charge in [0, 0.05) is 21.4 Å².